The van der Waals surface area contributed by atoms with Gasteiger partial charge in [-0.3, -0.25) is 0 Å². The third kappa shape index (κ3) is 2.88. The summed E-state index contributed by atoms with van der Waals surface area (Å²) in [5.74, 6) is 0. The zero-order valence-electron chi connectivity index (χ0n) is 13.9. The number of allylic oxidation sites excluding steroid dienone is 1. The predicted molar refractivity (Wildman–Crippen MR) is 96.1 cm³/mol. The quantitative estimate of drug-likeness (QED) is 0.630. The SMILES string of the molecule is CCCC(CCC)=C1c2ccccc2CCc2ccccc21. The molecule has 0 saturated heterocycles. The van der Waals surface area contributed by atoms with Crippen LogP contribution < -0.4 is 0 Å². The molecule has 0 atom stereocenters. The highest BCUT2D eigenvalue weighted by molar-refractivity contribution is 5.86. The van der Waals surface area contributed by atoms with Crippen LogP contribution in [0.3, 0.4) is 0 Å². The largest absolute Gasteiger partial charge is 0.0651 e. The number of benzene rings is 2. The standard InChI is InChI=1S/C22H26/c1-3-9-19(10-4-2)22-20-13-7-5-11-17(20)15-16-18-12-6-8-14-21(18)22/h5-8,11-14H,3-4,9-10,15-16H2,1-2H3. The summed E-state index contributed by atoms with van der Waals surface area (Å²) in [6.45, 7) is 4.59. The fourth-order valence-electron chi connectivity index (χ4n) is 3.74. The molecule has 0 spiro atoms. The second-order valence-electron chi connectivity index (χ2n) is 6.29. The summed E-state index contributed by atoms with van der Waals surface area (Å²) in [7, 11) is 0. The molecule has 0 bridgehead atoms. The van der Waals surface area contributed by atoms with Crippen molar-refractivity contribution in [3.63, 3.8) is 0 Å². The van der Waals surface area contributed by atoms with Crippen molar-refractivity contribution >= 4 is 5.57 Å². The van der Waals surface area contributed by atoms with Crippen LogP contribution in [0.4, 0.5) is 0 Å². The van der Waals surface area contributed by atoms with E-state index in [0.29, 0.717) is 0 Å². The summed E-state index contributed by atoms with van der Waals surface area (Å²) < 4.78 is 0. The maximum absolute atomic E-state index is 2.33. The van der Waals surface area contributed by atoms with Crippen LogP contribution >= 0.6 is 0 Å². The molecule has 3 rings (SSSR count). The van der Waals surface area contributed by atoms with Gasteiger partial charge in [-0.15, -0.1) is 0 Å². The first-order valence-corrected chi connectivity index (χ1v) is 8.73. The second kappa shape index (κ2) is 6.96. The lowest BCUT2D eigenvalue weighted by Crippen LogP contribution is -1.98. The molecule has 22 heavy (non-hydrogen) atoms. The van der Waals surface area contributed by atoms with Crippen LogP contribution in [0.15, 0.2) is 54.1 Å². The molecule has 0 heteroatoms. The second-order valence-corrected chi connectivity index (χ2v) is 6.29. The summed E-state index contributed by atoms with van der Waals surface area (Å²) in [6.07, 6.45) is 7.19. The maximum Gasteiger partial charge on any atom is -0.0114 e. The molecule has 0 saturated carbocycles. The van der Waals surface area contributed by atoms with Crippen molar-refractivity contribution in [3.05, 3.63) is 76.4 Å². The fourth-order valence-corrected chi connectivity index (χ4v) is 3.74. The Morgan fingerprint density at radius 1 is 0.727 bits per heavy atom. The minimum absolute atomic E-state index is 1.15. The van der Waals surface area contributed by atoms with Crippen LogP contribution in [-0.2, 0) is 12.8 Å². The van der Waals surface area contributed by atoms with Crippen molar-refractivity contribution in [1.82, 2.24) is 0 Å². The third-order valence-corrected chi connectivity index (χ3v) is 4.69. The topological polar surface area (TPSA) is 0 Å². The molecule has 0 N–H and O–H groups in total. The van der Waals surface area contributed by atoms with E-state index < -0.39 is 0 Å². The lowest BCUT2D eigenvalue weighted by atomic mass is 9.87. The van der Waals surface area contributed by atoms with Crippen LogP contribution in [0.2, 0.25) is 0 Å². The van der Waals surface area contributed by atoms with E-state index in [1.165, 1.54) is 53.5 Å². The molecular formula is C22H26. The van der Waals surface area contributed by atoms with Gasteiger partial charge in [0, 0.05) is 0 Å². The van der Waals surface area contributed by atoms with Gasteiger partial charge >= 0.3 is 0 Å². The number of hydrogen-bond acceptors (Lipinski definition) is 0. The molecule has 0 fully saturated rings. The van der Waals surface area contributed by atoms with Crippen molar-refractivity contribution in [2.24, 2.45) is 0 Å². The van der Waals surface area contributed by atoms with E-state index in [-0.39, 0.29) is 0 Å². The minimum atomic E-state index is 1.15. The van der Waals surface area contributed by atoms with Gasteiger partial charge in [0.05, 0.1) is 0 Å². The molecule has 114 valence electrons. The first-order chi connectivity index (χ1) is 10.8. The summed E-state index contributed by atoms with van der Waals surface area (Å²) in [5.41, 5.74) is 9.16. The van der Waals surface area contributed by atoms with E-state index in [4.69, 9.17) is 0 Å². The molecule has 1 aliphatic rings. The monoisotopic (exact) mass is 290 g/mol. The van der Waals surface area contributed by atoms with E-state index >= 15 is 0 Å². The molecule has 2 aromatic rings. The van der Waals surface area contributed by atoms with Gasteiger partial charge in [0.15, 0.2) is 0 Å². The summed E-state index contributed by atoms with van der Waals surface area (Å²) >= 11 is 0. The average Bonchev–Trinajstić information content (AvgIpc) is 2.71. The Kier molecular flexibility index (Phi) is 4.77. The molecule has 0 radical (unpaired) electrons. The Labute approximate surface area is 134 Å². The summed E-state index contributed by atoms with van der Waals surface area (Å²) in [6, 6.07) is 18.1. The van der Waals surface area contributed by atoms with Crippen molar-refractivity contribution in [1.29, 1.82) is 0 Å². The smallest absolute Gasteiger partial charge is 0.0114 e. The highest BCUT2D eigenvalue weighted by Crippen LogP contribution is 2.38. The van der Waals surface area contributed by atoms with Gasteiger partial charge < -0.3 is 0 Å². The maximum atomic E-state index is 2.33. The van der Waals surface area contributed by atoms with Crippen LogP contribution in [0.25, 0.3) is 5.57 Å². The van der Waals surface area contributed by atoms with Gasteiger partial charge in [0.25, 0.3) is 0 Å². The molecule has 0 amide bonds. The summed E-state index contributed by atoms with van der Waals surface area (Å²) in [5, 5.41) is 0. The van der Waals surface area contributed by atoms with Crippen molar-refractivity contribution in [2.45, 2.75) is 52.4 Å². The van der Waals surface area contributed by atoms with Gasteiger partial charge in [-0.25, -0.2) is 0 Å². The minimum Gasteiger partial charge on any atom is -0.0651 e. The van der Waals surface area contributed by atoms with Crippen LogP contribution in [0.5, 0.6) is 0 Å². The highest BCUT2D eigenvalue weighted by atomic mass is 14.2. The molecule has 2 aromatic carbocycles. The molecule has 0 aliphatic heterocycles. The Morgan fingerprint density at radius 3 is 1.64 bits per heavy atom. The Morgan fingerprint density at radius 2 is 1.18 bits per heavy atom. The number of aryl methyl sites for hydroxylation is 2. The zero-order chi connectivity index (χ0) is 15.4. The molecule has 0 unspecified atom stereocenters. The lowest BCUT2D eigenvalue weighted by Gasteiger charge is -2.18. The van der Waals surface area contributed by atoms with Gasteiger partial charge in [0.1, 0.15) is 0 Å². The van der Waals surface area contributed by atoms with Crippen LogP contribution in [0, 0.1) is 0 Å². The van der Waals surface area contributed by atoms with E-state index in [1.54, 1.807) is 5.57 Å². The molecule has 0 nitrogen and oxygen atoms in total. The van der Waals surface area contributed by atoms with E-state index in [2.05, 4.69) is 62.4 Å². The Hall–Kier alpha value is -1.82. The summed E-state index contributed by atoms with van der Waals surface area (Å²) in [4.78, 5) is 0. The van der Waals surface area contributed by atoms with Crippen LogP contribution in [0.1, 0.15) is 61.8 Å². The first kappa shape index (κ1) is 15.1. The predicted octanol–water partition coefficient (Wildman–Crippen LogP) is 6.19. The fraction of sp³-hybridized carbons (Fsp3) is 0.364. The van der Waals surface area contributed by atoms with E-state index in [9.17, 15) is 0 Å². The Bertz CT molecular complexity index is 618. The molecule has 0 heterocycles. The number of fused-ring (bicyclic) bond motifs is 2. The van der Waals surface area contributed by atoms with Crippen LogP contribution in [-0.4, -0.2) is 0 Å². The van der Waals surface area contributed by atoms with E-state index in [0.717, 1.165) is 12.8 Å². The van der Waals surface area contributed by atoms with Gasteiger partial charge in [0.2, 0.25) is 0 Å². The molecule has 1 aliphatic carbocycles. The van der Waals surface area contributed by atoms with E-state index in [1.807, 2.05) is 0 Å². The number of hydrogen-bond donors (Lipinski definition) is 0. The average molecular weight is 290 g/mol. The molecule has 0 aromatic heterocycles. The first-order valence-electron chi connectivity index (χ1n) is 8.73. The van der Waals surface area contributed by atoms with Crippen molar-refractivity contribution in [2.75, 3.05) is 0 Å². The zero-order valence-corrected chi connectivity index (χ0v) is 13.9. The van der Waals surface area contributed by atoms with Crippen molar-refractivity contribution < 1.29 is 0 Å². The molecular weight excluding hydrogens is 264 g/mol. The van der Waals surface area contributed by atoms with Gasteiger partial charge in [-0.1, -0.05) is 80.8 Å². The lowest BCUT2D eigenvalue weighted by molar-refractivity contribution is 0.806. The van der Waals surface area contributed by atoms with Gasteiger partial charge in [-0.2, -0.15) is 0 Å². The normalized spacial score (nSPS) is 13.3. The van der Waals surface area contributed by atoms with Crippen molar-refractivity contribution in [3.8, 4) is 0 Å². The number of rotatable bonds is 4. The highest BCUT2D eigenvalue weighted by Gasteiger charge is 2.20. The Balaban J connectivity index is 2.27. The third-order valence-electron chi connectivity index (χ3n) is 4.69. The van der Waals surface area contributed by atoms with Gasteiger partial charge in [-0.05, 0) is 53.5 Å².